The van der Waals surface area contributed by atoms with E-state index in [1.165, 1.54) is 6.20 Å². The Bertz CT molecular complexity index is 641. The Hall–Kier alpha value is -3.14. The summed E-state index contributed by atoms with van der Waals surface area (Å²) in [6, 6.07) is 9.33. The highest BCUT2D eigenvalue weighted by Gasteiger charge is 2.05. The summed E-state index contributed by atoms with van der Waals surface area (Å²) in [6.45, 7) is 4.02. The van der Waals surface area contributed by atoms with Gasteiger partial charge in [0.05, 0.1) is 0 Å². The highest BCUT2D eigenvalue weighted by molar-refractivity contribution is 5.74. The van der Waals surface area contributed by atoms with E-state index in [0.717, 1.165) is 5.69 Å². The number of allylic oxidation sites excluding steroid dienone is 1. The molecule has 1 aromatic heterocycles. The summed E-state index contributed by atoms with van der Waals surface area (Å²) in [7, 11) is 0. The van der Waals surface area contributed by atoms with E-state index in [0.29, 0.717) is 12.4 Å². The zero-order chi connectivity index (χ0) is 14.2. The van der Waals surface area contributed by atoms with Crippen LogP contribution in [0.5, 0.6) is 5.75 Å². The van der Waals surface area contributed by atoms with Crippen LogP contribution in [-0.2, 0) is 0 Å². The van der Waals surface area contributed by atoms with Gasteiger partial charge in [-0.1, -0.05) is 18.7 Å². The zero-order valence-corrected chi connectivity index (χ0v) is 10.6. The van der Waals surface area contributed by atoms with E-state index in [4.69, 9.17) is 10.00 Å². The van der Waals surface area contributed by atoms with Crippen LogP contribution in [0.3, 0.4) is 0 Å². The number of aromatic nitrogens is 4. The molecule has 0 unspecified atom stereocenters. The van der Waals surface area contributed by atoms with E-state index < -0.39 is 0 Å². The van der Waals surface area contributed by atoms with Crippen LogP contribution in [0.2, 0.25) is 0 Å². The predicted octanol–water partition coefficient (Wildman–Crippen LogP) is 1.74. The fourth-order valence-electron chi connectivity index (χ4n) is 1.41. The number of nitriles is 1. The molecule has 20 heavy (non-hydrogen) atoms. The van der Waals surface area contributed by atoms with Gasteiger partial charge in [0, 0.05) is 18.0 Å². The maximum atomic E-state index is 9.03. The quantitative estimate of drug-likeness (QED) is 0.611. The molecular formula is C13H12N6O. The molecule has 0 bridgehead atoms. The third-order valence-electron chi connectivity index (χ3n) is 2.29. The number of anilines is 1. The lowest BCUT2D eigenvalue weighted by atomic mass is 10.2. The van der Waals surface area contributed by atoms with Crippen LogP contribution in [0.25, 0.3) is 5.57 Å². The Morgan fingerprint density at radius 3 is 3.15 bits per heavy atom. The van der Waals surface area contributed by atoms with Gasteiger partial charge in [-0.25, -0.2) is 0 Å². The molecule has 0 amide bonds. The minimum Gasteiger partial charge on any atom is -0.489 e. The standard InChI is InChI=1S/C13H12N6O/c1-2-6-20-12-5-3-4-11(7-12)15-9-10(8-14)13-16-18-19-17-13/h2-5,7,9,15H,1,6H2,(H,16,17,18,19). The van der Waals surface area contributed by atoms with E-state index in [2.05, 4.69) is 32.5 Å². The minimum absolute atomic E-state index is 0.235. The van der Waals surface area contributed by atoms with Gasteiger partial charge >= 0.3 is 0 Å². The normalized spacial score (nSPS) is 10.7. The Kier molecular flexibility index (Phi) is 4.46. The topological polar surface area (TPSA) is 99.5 Å². The lowest BCUT2D eigenvalue weighted by molar-refractivity contribution is 0.363. The van der Waals surface area contributed by atoms with Crippen molar-refractivity contribution in [2.24, 2.45) is 0 Å². The molecule has 0 fully saturated rings. The average molecular weight is 268 g/mol. The number of nitrogens with zero attached hydrogens (tertiary/aromatic N) is 4. The summed E-state index contributed by atoms with van der Waals surface area (Å²) in [4.78, 5) is 0. The van der Waals surface area contributed by atoms with Gasteiger partial charge < -0.3 is 10.1 Å². The fraction of sp³-hybridized carbons (Fsp3) is 0.0769. The number of hydrogen-bond donors (Lipinski definition) is 2. The number of benzene rings is 1. The van der Waals surface area contributed by atoms with Crippen molar-refractivity contribution in [3.05, 3.63) is 48.9 Å². The second-order valence-electron chi connectivity index (χ2n) is 3.68. The molecule has 0 atom stereocenters. The van der Waals surface area contributed by atoms with Gasteiger partial charge in [0.1, 0.15) is 24.0 Å². The van der Waals surface area contributed by atoms with Crippen molar-refractivity contribution in [1.82, 2.24) is 20.6 Å². The highest BCUT2D eigenvalue weighted by atomic mass is 16.5. The predicted molar refractivity (Wildman–Crippen MR) is 73.5 cm³/mol. The third kappa shape index (κ3) is 3.43. The van der Waals surface area contributed by atoms with Gasteiger partial charge in [-0.3, -0.25) is 0 Å². The Morgan fingerprint density at radius 1 is 1.55 bits per heavy atom. The lowest BCUT2D eigenvalue weighted by Crippen LogP contribution is -1.95. The smallest absolute Gasteiger partial charge is 0.216 e. The van der Waals surface area contributed by atoms with Crippen molar-refractivity contribution in [2.45, 2.75) is 0 Å². The second kappa shape index (κ2) is 6.70. The first-order valence-electron chi connectivity index (χ1n) is 5.78. The van der Waals surface area contributed by atoms with Gasteiger partial charge in [-0.15, -0.1) is 10.2 Å². The number of tetrazole rings is 1. The largest absolute Gasteiger partial charge is 0.489 e. The van der Waals surface area contributed by atoms with Crippen molar-refractivity contribution >= 4 is 11.3 Å². The number of rotatable bonds is 6. The summed E-state index contributed by atoms with van der Waals surface area (Å²) in [5, 5.41) is 25.2. The summed E-state index contributed by atoms with van der Waals surface area (Å²) >= 11 is 0. The number of ether oxygens (including phenoxy) is 1. The summed E-state index contributed by atoms with van der Waals surface area (Å²) in [5.41, 5.74) is 1.05. The highest BCUT2D eigenvalue weighted by Crippen LogP contribution is 2.18. The molecule has 100 valence electrons. The number of H-pyrrole nitrogens is 1. The molecule has 1 aromatic carbocycles. The minimum atomic E-state index is 0.235. The SMILES string of the molecule is C=CCOc1cccc(NC=C(C#N)c2nn[nH]n2)c1. The Labute approximate surface area is 115 Å². The lowest BCUT2D eigenvalue weighted by Gasteiger charge is -2.06. The Morgan fingerprint density at radius 2 is 2.45 bits per heavy atom. The summed E-state index contributed by atoms with van der Waals surface area (Å²) in [6.07, 6.45) is 3.18. The molecule has 7 nitrogen and oxygen atoms in total. The maximum absolute atomic E-state index is 9.03. The fourth-order valence-corrected chi connectivity index (χ4v) is 1.41. The van der Waals surface area contributed by atoms with Crippen LogP contribution in [0.15, 0.2) is 43.1 Å². The van der Waals surface area contributed by atoms with Gasteiger partial charge in [0.15, 0.2) is 0 Å². The number of nitrogens with one attached hydrogen (secondary N) is 2. The molecule has 0 aliphatic rings. The second-order valence-corrected chi connectivity index (χ2v) is 3.68. The van der Waals surface area contributed by atoms with Gasteiger partial charge in [-0.2, -0.15) is 10.5 Å². The number of hydrogen-bond acceptors (Lipinski definition) is 6. The van der Waals surface area contributed by atoms with Crippen LogP contribution in [0.4, 0.5) is 5.69 Å². The van der Waals surface area contributed by atoms with Gasteiger partial charge in [-0.05, 0) is 17.3 Å². The molecule has 0 spiro atoms. The molecular weight excluding hydrogens is 256 g/mol. The summed E-state index contributed by atoms with van der Waals surface area (Å²) < 4.78 is 5.42. The molecule has 0 aliphatic heterocycles. The molecule has 2 rings (SSSR count). The Balaban J connectivity index is 2.10. The number of aromatic amines is 1. The molecule has 0 saturated carbocycles. The van der Waals surface area contributed by atoms with Crippen molar-refractivity contribution in [2.75, 3.05) is 11.9 Å². The van der Waals surface area contributed by atoms with Crippen molar-refractivity contribution in [3.8, 4) is 11.8 Å². The van der Waals surface area contributed by atoms with Crippen molar-refractivity contribution < 1.29 is 4.74 Å². The maximum Gasteiger partial charge on any atom is 0.216 e. The molecule has 2 aromatic rings. The molecule has 2 N–H and O–H groups in total. The molecule has 1 heterocycles. The van der Waals surface area contributed by atoms with E-state index in [1.54, 1.807) is 6.08 Å². The third-order valence-corrected chi connectivity index (χ3v) is 2.29. The first-order chi connectivity index (χ1) is 9.83. The van der Waals surface area contributed by atoms with E-state index in [-0.39, 0.29) is 11.4 Å². The van der Waals surface area contributed by atoms with Crippen LogP contribution in [0, 0.1) is 11.3 Å². The average Bonchev–Trinajstić information content (AvgIpc) is 3.00. The molecule has 0 aliphatic carbocycles. The summed E-state index contributed by atoms with van der Waals surface area (Å²) in [5.74, 6) is 0.945. The van der Waals surface area contributed by atoms with Gasteiger partial charge in [0.2, 0.25) is 5.82 Å². The van der Waals surface area contributed by atoms with Crippen LogP contribution >= 0.6 is 0 Å². The zero-order valence-electron chi connectivity index (χ0n) is 10.6. The molecule has 7 heteroatoms. The molecule has 0 radical (unpaired) electrons. The monoisotopic (exact) mass is 268 g/mol. The van der Waals surface area contributed by atoms with Crippen molar-refractivity contribution in [3.63, 3.8) is 0 Å². The molecule has 0 saturated heterocycles. The van der Waals surface area contributed by atoms with E-state index >= 15 is 0 Å². The van der Waals surface area contributed by atoms with Crippen LogP contribution in [0.1, 0.15) is 5.82 Å². The van der Waals surface area contributed by atoms with Gasteiger partial charge in [0.25, 0.3) is 0 Å². The van der Waals surface area contributed by atoms with E-state index in [1.807, 2.05) is 30.3 Å². The first kappa shape index (κ1) is 13.3. The van der Waals surface area contributed by atoms with Crippen molar-refractivity contribution in [1.29, 1.82) is 5.26 Å². The van der Waals surface area contributed by atoms with Crippen LogP contribution < -0.4 is 10.1 Å². The van der Waals surface area contributed by atoms with E-state index in [9.17, 15) is 0 Å². The first-order valence-corrected chi connectivity index (χ1v) is 5.78. The van der Waals surface area contributed by atoms with Crippen LogP contribution in [-0.4, -0.2) is 27.2 Å².